The van der Waals surface area contributed by atoms with E-state index in [2.05, 4.69) is 20.8 Å². The fourth-order valence-electron chi connectivity index (χ4n) is 2.83. The summed E-state index contributed by atoms with van der Waals surface area (Å²) in [6.45, 7) is 0. The SMILES string of the molecule is O=C(CSc1nnnn1-c1cccc2ccccc12)Nc1ccc(C(=O)[O-])cc1. The van der Waals surface area contributed by atoms with Gasteiger partial charge in [0.2, 0.25) is 11.1 Å². The first-order chi connectivity index (χ1) is 14.1. The fourth-order valence-corrected chi connectivity index (χ4v) is 3.51. The van der Waals surface area contributed by atoms with Gasteiger partial charge in [-0.15, -0.1) is 5.10 Å². The minimum Gasteiger partial charge on any atom is -0.545 e. The third kappa shape index (κ3) is 4.09. The van der Waals surface area contributed by atoms with Gasteiger partial charge in [-0.3, -0.25) is 4.79 Å². The van der Waals surface area contributed by atoms with Crippen molar-refractivity contribution in [2.24, 2.45) is 0 Å². The molecule has 0 bridgehead atoms. The standard InChI is InChI=1S/C20H15N5O3S/c26-18(21-15-10-8-14(9-11-15)19(27)28)12-29-20-22-23-24-25(20)17-7-3-5-13-4-1-2-6-16(13)17/h1-11H,12H2,(H,21,26)(H,27,28)/p-1. The van der Waals surface area contributed by atoms with Gasteiger partial charge >= 0.3 is 0 Å². The van der Waals surface area contributed by atoms with Gasteiger partial charge in [-0.1, -0.05) is 60.3 Å². The van der Waals surface area contributed by atoms with Crippen LogP contribution in [0, 0.1) is 0 Å². The minimum absolute atomic E-state index is 0.0478. The highest BCUT2D eigenvalue weighted by molar-refractivity contribution is 7.99. The van der Waals surface area contributed by atoms with E-state index in [0.717, 1.165) is 16.5 Å². The van der Waals surface area contributed by atoms with Crippen LogP contribution in [-0.4, -0.2) is 37.8 Å². The second-order valence-corrected chi connectivity index (χ2v) is 7.02. The van der Waals surface area contributed by atoms with Gasteiger partial charge in [0.1, 0.15) is 0 Å². The topological polar surface area (TPSA) is 113 Å². The number of fused-ring (bicyclic) bond motifs is 1. The molecule has 1 N–H and O–H groups in total. The second-order valence-electron chi connectivity index (χ2n) is 6.07. The Labute approximate surface area is 169 Å². The number of nitrogens with zero attached hydrogens (tertiary/aromatic N) is 4. The number of nitrogens with one attached hydrogen (secondary N) is 1. The van der Waals surface area contributed by atoms with Crippen LogP contribution in [0.25, 0.3) is 16.5 Å². The van der Waals surface area contributed by atoms with Crippen molar-refractivity contribution in [3.8, 4) is 5.69 Å². The summed E-state index contributed by atoms with van der Waals surface area (Å²) in [6.07, 6.45) is 0. The van der Waals surface area contributed by atoms with E-state index in [1.165, 1.54) is 36.0 Å². The normalized spacial score (nSPS) is 10.8. The van der Waals surface area contributed by atoms with Crippen LogP contribution in [0.4, 0.5) is 5.69 Å². The zero-order valence-electron chi connectivity index (χ0n) is 15.0. The number of carbonyl (C=O) groups is 2. The van der Waals surface area contributed by atoms with Gasteiger partial charge in [0.25, 0.3) is 0 Å². The van der Waals surface area contributed by atoms with E-state index in [-0.39, 0.29) is 17.2 Å². The smallest absolute Gasteiger partial charge is 0.234 e. The van der Waals surface area contributed by atoms with Crippen molar-refractivity contribution in [1.29, 1.82) is 0 Å². The van der Waals surface area contributed by atoms with E-state index in [1.807, 2.05) is 42.5 Å². The first-order valence-electron chi connectivity index (χ1n) is 8.62. The van der Waals surface area contributed by atoms with E-state index >= 15 is 0 Å². The molecule has 0 saturated heterocycles. The summed E-state index contributed by atoms with van der Waals surface area (Å²) in [5, 5.41) is 27.9. The Morgan fingerprint density at radius 1 is 1.00 bits per heavy atom. The lowest BCUT2D eigenvalue weighted by Crippen LogP contribution is -2.22. The van der Waals surface area contributed by atoms with Crippen LogP contribution in [0.2, 0.25) is 0 Å². The monoisotopic (exact) mass is 404 g/mol. The molecular weight excluding hydrogens is 390 g/mol. The van der Waals surface area contributed by atoms with Crippen LogP contribution in [0.5, 0.6) is 0 Å². The fraction of sp³-hybridized carbons (Fsp3) is 0.0500. The number of aromatic carboxylic acids is 1. The minimum atomic E-state index is -1.27. The maximum Gasteiger partial charge on any atom is 0.234 e. The van der Waals surface area contributed by atoms with Crippen LogP contribution < -0.4 is 10.4 Å². The van der Waals surface area contributed by atoms with Gasteiger partial charge in [-0.2, -0.15) is 4.68 Å². The van der Waals surface area contributed by atoms with Gasteiger partial charge in [0.15, 0.2) is 0 Å². The number of tetrazole rings is 1. The molecule has 8 nitrogen and oxygen atoms in total. The summed E-state index contributed by atoms with van der Waals surface area (Å²) in [4.78, 5) is 23.0. The van der Waals surface area contributed by atoms with Gasteiger partial charge in [-0.25, -0.2) is 0 Å². The number of hydrogen-bond acceptors (Lipinski definition) is 7. The Balaban J connectivity index is 1.47. The predicted octanol–water partition coefficient (Wildman–Crippen LogP) is 1.91. The quantitative estimate of drug-likeness (QED) is 0.488. The molecule has 9 heteroatoms. The van der Waals surface area contributed by atoms with Crippen molar-refractivity contribution in [2.45, 2.75) is 5.16 Å². The molecule has 0 spiro atoms. The van der Waals surface area contributed by atoms with Crippen molar-refractivity contribution in [1.82, 2.24) is 20.2 Å². The van der Waals surface area contributed by atoms with E-state index < -0.39 is 5.97 Å². The Morgan fingerprint density at radius 3 is 2.55 bits per heavy atom. The molecular formula is C20H14N5O3S-. The molecule has 0 saturated carbocycles. The Bertz CT molecular complexity index is 1180. The number of rotatable bonds is 6. The molecule has 4 rings (SSSR count). The van der Waals surface area contributed by atoms with Crippen LogP contribution >= 0.6 is 11.8 Å². The summed E-state index contributed by atoms with van der Waals surface area (Å²) in [7, 11) is 0. The molecule has 29 heavy (non-hydrogen) atoms. The highest BCUT2D eigenvalue weighted by Crippen LogP contribution is 2.25. The number of aromatic nitrogens is 4. The predicted molar refractivity (Wildman–Crippen MR) is 107 cm³/mol. The highest BCUT2D eigenvalue weighted by atomic mass is 32.2. The molecule has 0 aliphatic heterocycles. The maximum atomic E-state index is 12.2. The Hall–Kier alpha value is -3.72. The molecule has 144 valence electrons. The van der Waals surface area contributed by atoms with Crippen LogP contribution in [-0.2, 0) is 4.79 Å². The van der Waals surface area contributed by atoms with Crippen LogP contribution in [0.1, 0.15) is 10.4 Å². The lowest BCUT2D eigenvalue weighted by atomic mass is 10.1. The van der Waals surface area contributed by atoms with Gasteiger partial charge in [-0.05, 0) is 39.6 Å². The summed E-state index contributed by atoms with van der Waals surface area (Å²) in [5.74, 6) is -1.43. The number of carbonyl (C=O) groups excluding carboxylic acids is 2. The third-order valence-electron chi connectivity index (χ3n) is 4.17. The number of hydrogen-bond donors (Lipinski definition) is 1. The lowest BCUT2D eigenvalue weighted by molar-refractivity contribution is -0.255. The summed E-state index contributed by atoms with van der Waals surface area (Å²) in [5.41, 5.74) is 1.37. The zero-order chi connectivity index (χ0) is 20.2. The number of benzene rings is 3. The van der Waals surface area contributed by atoms with Gasteiger partial charge in [0, 0.05) is 11.1 Å². The highest BCUT2D eigenvalue weighted by Gasteiger charge is 2.13. The van der Waals surface area contributed by atoms with E-state index in [0.29, 0.717) is 10.8 Å². The summed E-state index contributed by atoms with van der Waals surface area (Å²) in [6, 6.07) is 19.5. The van der Waals surface area contributed by atoms with Gasteiger partial charge in [0.05, 0.1) is 17.4 Å². The molecule has 0 aliphatic rings. The largest absolute Gasteiger partial charge is 0.545 e. The molecule has 0 atom stereocenters. The Kier molecular flexibility index (Phi) is 5.21. The van der Waals surface area contributed by atoms with Crippen molar-refractivity contribution < 1.29 is 14.7 Å². The molecule has 4 aromatic rings. The van der Waals surface area contributed by atoms with E-state index in [4.69, 9.17) is 0 Å². The molecule has 0 aliphatic carbocycles. The van der Waals surface area contributed by atoms with E-state index in [9.17, 15) is 14.7 Å². The van der Waals surface area contributed by atoms with E-state index in [1.54, 1.807) is 4.68 Å². The average molecular weight is 404 g/mol. The molecule has 0 radical (unpaired) electrons. The molecule has 1 amide bonds. The zero-order valence-corrected chi connectivity index (χ0v) is 15.8. The van der Waals surface area contributed by atoms with Crippen molar-refractivity contribution in [2.75, 3.05) is 11.1 Å². The summed E-state index contributed by atoms with van der Waals surface area (Å²) < 4.78 is 1.61. The van der Waals surface area contributed by atoms with Gasteiger partial charge < -0.3 is 15.2 Å². The second kappa shape index (κ2) is 8.11. The molecule has 0 unspecified atom stereocenters. The van der Waals surface area contributed by atoms with Crippen molar-refractivity contribution in [3.63, 3.8) is 0 Å². The number of thioether (sulfide) groups is 1. The number of carboxylic acids is 1. The first kappa shape index (κ1) is 18.6. The Morgan fingerprint density at radius 2 is 1.76 bits per heavy atom. The molecule has 1 aromatic heterocycles. The first-order valence-corrected chi connectivity index (χ1v) is 9.61. The molecule has 3 aromatic carbocycles. The number of carboxylic acid groups (broad SMARTS) is 1. The third-order valence-corrected chi connectivity index (χ3v) is 5.09. The van der Waals surface area contributed by atoms with Crippen molar-refractivity contribution >= 4 is 40.1 Å². The lowest BCUT2D eigenvalue weighted by Gasteiger charge is -2.09. The van der Waals surface area contributed by atoms with Crippen LogP contribution in [0.3, 0.4) is 0 Å². The van der Waals surface area contributed by atoms with Crippen molar-refractivity contribution in [3.05, 3.63) is 72.3 Å². The maximum absolute atomic E-state index is 12.2. The van der Waals surface area contributed by atoms with Crippen LogP contribution in [0.15, 0.2) is 71.9 Å². The average Bonchev–Trinajstić information content (AvgIpc) is 3.20. The molecule has 0 fully saturated rings. The molecule has 1 heterocycles. The number of amides is 1. The number of anilines is 1. The summed E-state index contributed by atoms with van der Waals surface area (Å²) >= 11 is 1.20.